The Balaban J connectivity index is 2.58. The molecule has 2 nitrogen and oxygen atoms in total. The summed E-state index contributed by atoms with van der Waals surface area (Å²) < 4.78 is 0. The predicted octanol–water partition coefficient (Wildman–Crippen LogP) is 3.85. The zero-order chi connectivity index (χ0) is 11.8. The normalized spacial score (nSPS) is 10.9. The van der Waals surface area contributed by atoms with E-state index in [1.165, 1.54) is 0 Å². The monoisotopic (exact) mass is 241 g/mol. The number of fused-ring (bicyclic) bond motifs is 2. The van der Waals surface area contributed by atoms with E-state index in [1.807, 2.05) is 30.3 Å². The Morgan fingerprint density at radius 1 is 1.00 bits per heavy atom. The maximum atomic E-state index is 11.3. The second-order valence-corrected chi connectivity index (χ2v) is 4.26. The minimum Gasteiger partial charge on any atom is -0.298 e. The van der Waals surface area contributed by atoms with Crippen LogP contribution in [-0.2, 0) is 0 Å². The summed E-state index contributed by atoms with van der Waals surface area (Å²) in [4.78, 5) is 15.8. The third-order valence-corrected chi connectivity index (χ3v) is 3.04. The molecule has 0 aliphatic carbocycles. The predicted molar refractivity (Wildman–Crippen MR) is 69.6 cm³/mol. The molecule has 2 aromatic carbocycles. The van der Waals surface area contributed by atoms with Crippen molar-refractivity contribution in [1.29, 1.82) is 0 Å². The molecule has 0 fully saturated rings. The van der Waals surface area contributed by atoms with Gasteiger partial charge in [-0.15, -0.1) is 0 Å². The molecule has 0 saturated carbocycles. The highest BCUT2D eigenvalue weighted by Gasteiger charge is 2.07. The maximum absolute atomic E-state index is 11.3. The first-order chi connectivity index (χ1) is 8.29. The van der Waals surface area contributed by atoms with Crippen LogP contribution in [0.5, 0.6) is 0 Å². The Bertz CT molecular complexity index is 737. The highest BCUT2D eigenvalue weighted by Crippen LogP contribution is 2.26. The van der Waals surface area contributed by atoms with Crippen molar-refractivity contribution >= 4 is 39.7 Å². The van der Waals surface area contributed by atoms with Crippen LogP contribution in [0.4, 0.5) is 0 Å². The lowest BCUT2D eigenvalue weighted by Gasteiger charge is -2.05. The molecular weight excluding hydrogens is 234 g/mol. The van der Waals surface area contributed by atoms with Crippen molar-refractivity contribution in [2.75, 3.05) is 0 Å². The second-order valence-electron chi connectivity index (χ2n) is 3.82. The van der Waals surface area contributed by atoms with E-state index in [4.69, 9.17) is 11.6 Å². The number of nitrogens with zero attached hydrogens (tertiary/aromatic N) is 1. The highest BCUT2D eigenvalue weighted by molar-refractivity contribution is 6.31. The van der Waals surface area contributed by atoms with Crippen LogP contribution in [0.2, 0.25) is 5.02 Å². The zero-order valence-electron chi connectivity index (χ0n) is 8.85. The molecule has 0 unspecified atom stereocenters. The fourth-order valence-electron chi connectivity index (χ4n) is 2.03. The Labute approximate surface area is 103 Å². The van der Waals surface area contributed by atoms with Gasteiger partial charge in [-0.3, -0.25) is 4.79 Å². The molecule has 0 bridgehead atoms. The molecule has 1 aromatic heterocycles. The minimum atomic E-state index is 0.622. The summed E-state index contributed by atoms with van der Waals surface area (Å²) in [5, 5.41) is 2.33. The summed E-state index contributed by atoms with van der Waals surface area (Å²) in [6.45, 7) is 0. The summed E-state index contributed by atoms with van der Waals surface area (Å²) in [5.74, 6) is 0. The van der Waals surface area contributed by atoms with E-state index in [9.17, 15) is 4.79 Å². The second kappa shape index (κ2) is 3.82. The SMILES string of the molecule is O=Cc1c2ccccc2nc2cc(Cl)ccc12. The first-order valence-corrected chi connectivity index (χ1v) is 5.60. The van der Waals surface area contributed by atoms with Crippen molar-refractivity contribution in [3.63, 3.8) is 0 Å². The molecule has 1 heterocycles. The van der Waals surface area contributed by atoms with Gasteiger partial charge in [0.05, 0.1) is 11.0 Å². The summed E-state index contributed by atoms with van der Waals surface area (Å²) in [6.07, 6.45) is 0.875. The van der Waals surface area contributed by atoms with E-state index in [-0.39, 0.29) is 0 Å². The number of rotatable bonds is 1. The van der Waals surface area contributed by atoms with Crippen LogP contribution in [0.1, 0.15) is 10.4 Å². The van der Waals surface area contributed by atoms with Gasteiger partial charge in [0.15, 0.2) is 6.29 Å². The van der Waals surface area contributed by atoms with Crippen LogP contribution in [0, 0.1) is 0 Å². The number of hydrogen-bond donors (Lipinski definition) is 0. The summed E-state index contributed by atoms with van der Waals surface area (Å²) in [5.41, 5.74) is 2.23. The largest absolute Gasteiger partial charge is 0.298 e. The number of aldehydes is 1. The summed E-state index contributed by atoms with van der Waals surface area (Å²) in [6, 6.07) is 13.0. The van der Waals surface area contributed by atoms with E-state index in [0.29, 0.717) is 10.6 Å². The molecule has 17 heavy (non-hydrogen) atoms. The number of halogens is 1. The number of carbonyl (C=O) groups excluding carboxylic acids is 1. The van der Waals surface area contributed by atoms with Gasteiger partial charge in [0, 0.05) is 21.4 Å². The third kappa shape index (κ3) is 1.58. The van der Waals surface area contributed by atoms with Crippen molar-refractivity contribution in [3.8, 4) is 0 Å². The molecular formula is C14H8ClNO. The van der Waals surface area contributed by atoms with Gasteiger partial charge in [-0.1, -0.05) is 35.9 Å². The minimum absolute atomic E-state index is 0.622. The Morgan fingerprint density at radius 2 is 1.76 bits per heavy atom. The molecule has 0 aliphatic heterocycles. The quantitative estimate of drug-likeness (QED) is 0.478. The number of aromatic nitrogens is 1. The van der Waals surface area contributed by atoms with Gasteiger partial charge in [-0.05, 0) is 18.2 Å². The molecule has 0 N–H and O–H groups in total. The van der Waals surface area contributed by atoms with Crippen LogP contribution >= 0.6 is 11.6 Å². The molecule has 0 spiro atoms. The first kappa shape index (κ1) is 10.2. The lowest BCUT2D eigenvalue weighted by molar-refractivity contribution is 0.112. The van der Waals surface area contributed by atoms with E-state index in [0.717, 1.165) is 28.1 Å². The molecule has 0 radical (unpaired) electrons. The van der Waals surface area contributed by atoms with Crippen LogP contribution in [0.25, 0.3) is 21.8 Å². The van der Waals surface area contributed by atoms with Crippen molar-refractivity contribution < 1.29 is 4.79 Å². The first-order valence-electron chi connectivity index (χ1n) is 5.23. The lowest BCUT2D eigenvalue weighted by Crippen LogP contribution is -1.90. The maximum Gasteiger partial charge on any atom is 0.151 e. The van der Waals surface area contributed by atoms with Crippen molar-refractivity contribution in [2.24, 2.45) is 0 Å². The topological polar surface area (TPSA) is 30.0 Å². The summed E-state index contributed by atoms with van der Waals surface area (Å²) >= 11 is 5.94. The summed E-state index contributed by atoms with van der Waals surface area (Å²) in [7, 11) is 0. The van der Waals surface area contributed by atoms with Crippen molar-refractivity contribution in [1.82, 2.24) is 4.98 Å². The molecule has 0 amide bonds. The highest BCUT2D eigenvalue weighted by atomic mass is 35.5. The van der Waals surface area contributed by atoms with Gasteiger partial charge in [0.2, 0.25) is 0 Å². The molecule has 0 aliphatic rings. The molecule has 3 heteroatoms. The molecule has 0 saturated heterocycles. The van der Waals surface area contributed by atoms with E-state index in [2.05, 4.69) is 4.98 Å². The molecule has 0 atom stereocenters. The van der Waals surface area contributed by atoms with Gasteiger partial charge in [0.1, 0.15) is 0 Å². The molecule has 3 aromatic rings. The van der Waals surface area contributed by atoms with Crippen LogP contribution in [0.15, 0.2) is 42.5 Å². The third-order valence-electron chi connectivity index (χ3n) is 2.80. The van der Waals surface area contributed by atoms with Gasteiger partial charge < -0.3 is 0 Å². The number of carbonyl (C=O) groups is 1. The number of hydrogen-bond acceptors (Lipinski definition) is 2. The van der Waals surface area contributed by atoms with Gasteiger partial charge in [-0.2, -0.15) is 0 Å². The van der Waals surface area contributed by atoms with Crippen LogP contribution < -0.4 is 0 Å². The van der Waals surface area contributed by atoms with Gasteiger partial charge in [0.25, 0.3) is 0 Å². The van der Waals surface area contributed by atoms with E-state index < -0.39 is 0 Å². The Morgan fingerprint density at radius 3 is 2.59 bits per heavy atom. The Kier molecular flexibility index (Phi) is 2.30. The van der Waals surface area contributed by atoms with Crippen LogP contribution in [0.3, 0.4) is 0 Å². The Hall–Kier alpha value is -1.93. The van der Waals surface area contributed by atoms with Gasteiger partial charge >= 0.3 is 0 Å². The van der Waals surface area contributed by atoms with Crippen LogP contribution in [-0.4, -0.2) is 11.3 Å². The fraction of sp³-hybridized carbons (Fsp3) is 0. The lowest BCUT2D eigenvalue weighted by atomic mass is 10.0. The van der Waals surface area contributed by atoms with E-state index in [1.54, 1.807) is 12.1 Å². The standard InChI is InChI=1S/C14H8ClNO/c15-9-5-6-11-12(8-17)10-3-1-2-4-13(10)16-14(11)7-9/h1-8H. The number of benzene rings is 2. The number of pyridine rings is 1. The van der Waals surface area contributed by atoms with Crippen molar-refractivity contribution in [2.45, 2.75) is 0 Å². The number of para-hydroxylation sites is 1. The average Bonchev–Trinajstić information content (AvgIpc) is 2.35. The van der Waals surface area contributed by atoms with Crippen molar-refractivity contribution in [3.05, 3.63) is 53.1 Å². The van der Waals surface area contributed by atoms with E-state index >= 15 is 0 Å². The average molecular weight is 242 g/mol. The zero-order valence-corrected chi connectivity index (χ0v) is 9.61. The molecule has 82 valence electrons. The van der Waals surface area contributed by atoms with Gasteiger partial charge in [-0.25, -0.2) is 4.98 Å². The fourth-order valence-corrected chi connectivity index (χ4v) is 2.19. The molecule has 3 rings (SSSR count). The smallest absolute Gasteiger partial charge is 0.151 e.